The largest absolute Gasteiger partial charge is 0.491 e. The van der Waals surface area contributed by atoms with Gasteiger partial charge in [-0.3, -0.25) is 0 Å². The maximum absolute atomic E-state index is 8.97. The smallest absolute Gasteiger partial charge is 0.251 e. The van der Waals surface area contributed by atoms with E-state index in [0.717, 1.165) is 5.69 Å². The van der Waals surface area contributed by atoms with Crippen molar-refractivity contribution in [1.29, 1.82) is 0 Å². The molecule has 0 amide bonds. The number of nitrogens with zero attached hydrogens (tertiary/aromatic N) is 3. The topological polar surface area (TPSA) is 50.9 Å². The van der Waals surface area contributed by atoms with E-state index in [2.05, 4.69) is 10.3 Å². The molecule has 2 rings (SSSR count). The van der Waals surface area contributed by atoms with E-state index in [1.54, 1.807) is 0 Å². The standard InChI is InChI=1S/C9H9N3O/c1-7-2-4-8(5-3-7)12-6-9(13)10-11-12/h2-6,13H,1H3. The monoisotopic (exact) mass is 175 g/mol. The van der Waals surface area contributed by atoms with Gasteiger partial charge in [0.25, 0.3) is 5.88 Å². The summed E-state index contributed by atoms with van der Waals surface area (Å²) in [5, 5.41) is 16.2. The van der Waals surface area contributed by atoms with Gasteiger partial charge in [-0.1, -0.05) is 28.0 Å². The van der Waals surface area contributed by atoms with E-state index in [0.29, 0.717) is 0 Å². The number of aryl methyl sites for hydroxylation is 1. The van der Waals surface area contributed by atoms with Crippen LogP contribution in [0.5, 0.6) is 5.88 Å². The Bertz CT molecular complexity index is 405. The van der Waals surface area contributed by atoms with E-state index >= 15 is 0 Å². The van der Waals surface area contributed by atoms with Gasteiger partial charge >= 0.3 is 0 Å². The first-order valence-corrected chi connectivity index (χ1v) is 3.94. The fourth-order valence-corrected chi connectivity index (χ4v) is 1.08. The molecule has 1 aromatic heterocycles. The van der Waals surface area contributed by atoms with Crippen molar-refractivity contribution in [3.63, 3.8) is 0 Å². The normalized spacial score (nSPS) is 10.2. The molecular weight excluding hydrogens is 166 g/mol. The highest BCUT2D eigenvalue weighted by Crippen LogP contribution is 2.09. The maximum Gasteiger partial charge on any atom is 0.251 e. The predicted octanol–water partition coefficient (Wildman–Crippen LogP) is 1.28. The summed E-state index contributed by atoms with van der Waals surface area (Å²) in [6, 6.07) is 7.80. The highest BCUT2D eigenvalue weighted by molar-refractivity contribution is 5.33. The molecule has 0 aliphatic carbocycles. The van der Waals surface area contributed by atoms with Crippen LogP contribution in [0.1, 0.15) is 5.56 Å². The second kappa shape index (κ2) is 2.90. The third-order valence-electron chi connectivity index (χ3n) is 1.78. The quantitative estimate of drug-likeness (QED) is 0.710. The minimum atomic E-state index is -0.0689. The van der Waals surface area contributed by atoms with E-state index < -0.39 is 0 Å². The van der Waals surface area contributed by atoms with Crippen LogP contribution in [0.3, 0.4) is 0 Å². The van der Waals surface area contributed by atoms with E-state index in [1.807, 2.05) is 31.2 Å². The summed E-state index contributed by atoms with van der Waals surface area (Å²) >= 11 is 0. The molecule has 0 radical (unpaired) electrons. The average Bonchev–Trinajstić information content (AvgIpc) is 2.53. The van der Waals surface area contributed by atoms with Gasteiger partial charge in [0.2, 0.25) is 0 Å². The van der Waals surface area contributed by atoms with Gasteiger partial charge in [0.05, 0.1) is 11.9 Å². The van der Waals surface area contributed by atoms with Crippen molar-refractivity contribution in [2.24, 2.45) is 0 Å². The second-order valence-electron chi connectivity index (χ2n) is 2.86. The molecule has 0 spiro atoms. The molecule has 0 unspecified atom stereocenters. The highest BCUT2D eigenvalue weighted by atomic mass is 16.3. The Balaban J connectivity index is 2.41. The first-order valence-electron chi connectivity index (χ1n) is 3.94. The minimum Gasteiger partial charge on any atom is -0.491 e. The van der Waals surface area contributed by atoms with Crippen LogP contribution in [0.4, 0.5) is 0 Å². The Labute approximate surface area is 75.4 Å². The number of aromatic nitrogens is 3. The van der Waals surface area contributed by atoms with Crippen molar-refractivity contribution in [3.8, 4) is 11.6 Å². The lowest BCUT2D eigenvalue weighted by Gasteiger charge is -1.98. The first-order chi connectivity index (χ1) is 6.25. The SMILES string of the molecule is Cc1ccc(-n2cc(O)nn2)cc1. The van der Waals surface area contributed by atoms with Gasteiger partial charge in [0.15, 0.2) is 0 Å². The molecule has 0 atom stereocenters. The fraction of sp³-hybridized carbons (Fsp3) is 0.111. The summed E-state index contributed by atoms with van der Waals surface area (Å²) in [5.41, 5.74) is 2.08. The Kier molecular flexibility index (Phi) is 1.73. The zero-order valence-electron chi connectivity index (χ0n) is 7.18. The van der Waals surface area contributed by atoms with Crippen molar-refractivity contribution in [2.75, 3.05) is 0 Å². The molecule has 0 fully saturated rings. The molecule has 2 aromatic rings. The van der Waals surface area contributed by atoms with Crippen LogP contribution in [0.15, 0.2) is 30.5 Å². The lowest BCUT2D eigenvalue weighted by atomic mass is 10.2. The average molecular weight is 175 g/mol. The summed E-state index contributed by atoms with van der Waals surface area (Å²) < 4.78 is 1.52. The van der Waals surface area contributed by atoms with Gasteiger partial charge in [-0.05, 0) is 19.1 Å². The molecule has 1 heterocycles. The van der Waals surface area contributed by atoms with Gasteiger partial charge in [0, 0.05) is 0 Å². The molecule has 4 heteroatoms. The van der Waals surface area contributed by atoms with Crippen molar-refractivity contribution >= 4 is 0 Å². The number of hydrogen-bond donors (Lipinski definition) is 1. The zero-order valence-corrected chi connectivity index (χ0v) is 7.18. The molecule has 66 valence electrons. The summed E-state index contributed by atoms with van der Waals surface area (Å²) in [5.74, 6) is -0.0689. The predicted molar refractivity (Wildman–Crippen MR) is 47.8 cm³/mol. The van der Waals surface area contributed by atoms with Gasteiger partial charge in [-0.2, -0.15) is 0 Å². The van der Waals surface area contributed by atoms with Gasteiger partial charge < -0.3 is 5.11 Å². The zero-order chi connectivity index (χ0) is 9.26. The van der Waals surface area contributed by atoms with Crippen molar-refractivity contribution < 1.29 is 5.11 Å². The van der Waals surface area contributed by atoms with E-state index in [9.17, 15) is 0 Å². The van der Waals surface area contributed by atoms with Crippen LogP contribution in [0, 0.1) is 6.92 Å². The minimum absolute atomic E-state index is 0.0689. The van der Waals surface area contributed by atoms with Crippen LogP contribution in [-0.2, 0) is 0 Å². The number of hydrogen-bond acceptors (Lipinski definition) is 3. The molecule has 0 aliphatic rings. The molecule has 0 saturated heterocycles. The van der Waals surface area contributed by atoms with Crippen molar-refractivity contribution in [3.05, 3.63) is 36.0 Å². The Morgan fingerprint density at radius 3 is 2.46 bits per heavy atom. The molecule has 1 N–H and O–H groups in total. The summed E-state index contributed by atoms with van der Waals surface area (Å²) in [4.78, 5) is 0. The van der Waals surface area contributed by atoms with Crippen LogP contribution < -0.4 is 0 Å². The third-order valence-corrected chi connectivity index (χ3v) is 1.78. The van der Waals surface area contributed by atoms with Crippen LogP contribution >= 0.6 is 0 Å². The van der Waals surface area contributed by atoms with Gasteiger partial charge in [-0.15, -0.1) is 0 Å². The molecule has 13 heavy (non-hydrogen) atoms. The molecule has 0 bridgehead atoms. The first kappa shape index (κ1) is 7.79. The molecule has 4 nitrogen and oxygen atoms in total. The summed E-state index contributed by atoms with van der Waals surface area (Å²) in [7, 11) is 0. The number of aromatic hydroxyl groups is 1. The summed E-state index contributed by atoms with van der Waals surface area (Å²) in [6.45, 7) is 2.02. The van der Waals surface area contributed by atoms with Crippen LogP contribution in [0.2, 0.25) is 0 Å². The molecule has 0 aliphatic heterocycles. The van der Waals surface area contributed by atoms with Crippen LogP contribution in [-0.4, -0.2) is 20.1 Å². The number of benzene rings is 1. The van der Waals surface area contributed by atoms with Gasteiger partial charge in [-0.25, -0.2) is 4.68 Å². The van der Waals surface area contributed by atoms with Crippen LogP contribution in [0.25, 0.3) is 5.69 Å². The van der Waals surface area contributed by atoms with E-state index in [4.69, 9.17) is 5.11 Å². The Hall–Kier alpha value is -1.84. The lowest BCUT2D eigenvalue weighted by Crippen LogP contribution is -1.94. The second-order valence-corrected chi connectivity index (χ2v) is 2.86. The lowest BCUT2D eigenvalue weighted by molar-refractivity contribution is 0.452. The number of rotatable bonds is 1. The highest BCUT2D eigenvalue weighted by Gasteiger charge is 1.99. The van der Waals surface area contributed by atoms with Crippen molar-refractivity contribution in [2.45, 2.75) is 6.92 Å². The molecular formula is C9H9N3O. The Morgan fingerprint density at radius 1 is 1.23 bits per heavy atom. The third kappa shape index (κ3) is 1.51. The van der Waals surface area contributed by atoms with E-state index in [-0.39, 0.29) is 5.88 Å². The Morgan fingerprint density at radius 2 is 1.92 bits per heavy atom. The summed E-state index contributed by atoms with van der Waals surface area (Å²) in [6.07, 6.45) is 1.46. The van der Waals surface area contributed by atoms with Gasteiger partial charge in [0.1, 0.15) is 0 Å². The van der Waals surface area contributed by atoms with Crippen molar-refractivity contribution in [1.82, 2.24) is 15.0 Å². The molecule has 0 saturated carbocycles. The maximum atomic E-state index is 8.97. The fourth-order valence-electron chi connectivity index (χ4n) is 1.08. The molecule has 1 aromatic carbocycles. The van der Waals surface area contributed by atoms with E-state index in [1.165, 1.54) is 16.4 Å².